The van der Waals surface area contributed by atoms with Crippen molar-refractivity contribution >= 4 is 23.4 Å². The molecule has 2 aromatic rings. The molecule has 0 bridgehead atoms. The van der Waals surface area contributed by atoms with Gasteiger partial charge >= 0.3 is 12.1 Å². The molecule has 1 aromatic heterocycles. The zero-order chi connectivity index (χ0) is 21.5. The van der Waals surface area contributed by atoms with Gasteiger partial charge in [-0.1, -0.05) is 0 Å². The maximum atomic E-state index is 12.5. The zero-order valence-electron chi connectivity index (χ0n) is 17.3. The van der Waals surface area contributed by atoms with E-state index in [9.17, 15) is 9.59 Å². The number of esters is 1. The van der Waals surface area contributed by atoms with E-state index >= 15 is 0 Å². The Morgan fingerprint density at radius 3 is 3.00 bits per heavy atom. The number of anilines is 2. The number of fused-ring (bicyclic) bond motifs is 4. The van der Waals surface area contributed by atoms with Crippen LogP contribution in [0.15, 0.2) is 24.4 Å². The maximum Gasteiger partial charge on any atom is 0.415 e. The Morgan fingerprint density at radius 1 is 1.35 bits per heavy atom. The molecule has 0 radical (unpaired) electrons. The van der Waals surface area contributed by atoms with Crippen molar-refractivity contribution in [2.45, 2.75) is 57.5 Å². The standard InChI is InChI=1S/C22H23N5O4/c1-30-21(28)4-2-3-20-19-10-14-9-16(5-6-18(14)27(19)22(29)31-20)25-11-15-12-26(8-7-23)24-17(15)13-25/h5-6,9,12,19-20H,2-4,8,10-11,13H2,1H3/t19-,20?/m0/s1. The lowest BCUT2D eigenvalue weighted by molar-refractivity contribution is -0.140. The Morgan fingerprint density at radius 2 is 2.23 bits per heavy atom. The summed E-state index contributed by atoms with van der Waals surface area (Å²) >= 11 is 0. The molecule has 1 amide bonds. The van der Waals surface area contributed by atoms with E-state index in [0.717, 1.165) is 41.2 Å². The van der Waals surface area contributed by atoms with Gasteiger partial charge < -0.3 is 14.4 Å². The molecule has 1 fully saturated rings. The van der Waals surface area contributed by atoms with Gasteiger partial charge in [-0.2, -0.15) is 10.4 Å². The lowest BCUT2D eigenvalue weighted by Gasteiger charge is -2.19. The first-order valence-electron chi connectivity index (χ1n) is 10.4. The van der Waals surface area contributed by atoms with Crippen molar-refractivity contribution in [1.82, 2.24) is 9.78 Å². The number of carbonyl (C=O) groups is 2. The third-order valence-electron chi connectivity index (χ3n) is 6.28. The highest BCUT2D eigenvalue weighted by atomic mass is 16.6. The number of benzene rings is 1. The molecule has 160 valence electrons. The highest BCUT2D eigenvalue weighted by Gasteiger charge is 2.47. The Bertz CT molecular complexity index is 1060. The summed E-state index contributed by atoms with van der Waals surface area (Å²) in [7, 11) is 1.38. The minimum absolute atomic E-state index is 0.0278. The van der Waals surface area contributed by atoms with Gasteiger partial charge in [0, 0.05) is 30.4 Å². The predicted octanol–water partition coefficient (Wildman–Crippen LogP) is 2.52. The fourth-order valence-corrected chi connectivity index (χ4v) is 4.81. The van der Waals surface area contributed by atoms with E-state index in [-0.39, 0.29) is 30.8 Å². The summed E-state index contributed by atoms with van der Waals surface area (Å²) in [6.45, 7) is 1.72. The molecule has 0 N–H and O–H groups in total. The van der Waals surface area contributed by atoms with Crippen LogP contribution < -0.4 is 9.80 Å². The van der Waals surface area contributed by atoms with E-state index in [4.69, 9.17) is 10.00 Å². The number of ether oxygens (including phenoxy) is 2. The molecule has 1 saturated heterocycles. The van der Waals surface area contributed by atoms with Gasteiger partial charge in [-0.25, -0.2) is 4.79 Å². The normalized spacial score (nSPS) is 20.8. The lowest BCUT2D eigenvalue weighted by Crippen LogP contribution is -2.33. The van der Waals surface area contributed by atoms with Crippen LogP contribution in [0.4, 0.5) is 16.2 Å². The molecule has 9 heteroatoms. The fourth-order valence-electron chi connectivity index (χ4n) is 4.81. The zero-order valence-corrected chi connectivity index (χ0v) is 17.3. The van der Waals surface area contributed by atoms with Crippen LogP contribution in [-0.2, 0) is 40.3 Å². The number of carbonyl (C=O) groups excluding carboxylic acids is 2. The Labute approximate surface area is 179 Å². The van der Waals surface area contributed by atoms with E-state index in [1.165, 1.54) is 7.11 Å². The second-order valence-electron chi connectivity index (χ2n) is 8.16. The number of cyclic esters (lactones) is 1. The predicted molar refractivity (Wildman–Crippen MR) is 110 cm³/mol. The van der Waals surface area contributed by atoms with Crippen molar-refractivity contribution in [2.75, 3.05) is 16.9 Å². The average molecular weight is 421 g/mol. The molecule has 2 atom stereocenters. The molecule has 3 aliphatic rings. The summed E-state index contributed by atoms with van der Waals surface area (Å²) in [6, 6.07) is 8.27. The fraction of sp³-hybridized carbons (Fsp3) is 0.455. The monoisotopic (exact) mass is 421 g/mol. The van der Waals surface area contributed by atoms with Crippen LogP contribution in [0.2, 0.25) is 0 Å². The number of methoxy groups -OCH3 is 1. The molecular formula is C22H23N5O4. The molecule has 4 heterocycles. The van der Waals surface area contributed by atoms with Crippen LogP contribution in [0, 0.1) is 11.3 Å². The lowest BCUT2D eigenvalue weighted by atomic mass is 10.0. The Balaban J connectivity index is 1.28. The quantitative estimate of drug-likeness (QED) is 0.661. The van der Waals surface area contributed by atoms with E-state index in [0.29, 0.717) is 25.8 Å². The van der Waals surface area contributed by atoms with Crippen LogP contribution in [0.1, 0.15) is 36.1 Å². The van der Waals surface area contributed by atoms with Crippen molar-refractivity contribution in [2.24, 2.45) is 0 Å². The third-order valence-corrected chi connectivity index (χ3v) is 6.28. The van der Waals surface area contributed by atoms with Gasteiger partial charge in [0.25, 0.3) is 0 Å². The smallest absolute Gasteiger partial charge is 0.415 e. The largest absolute Gasteiger partial charge is 0.469 e. The SMILES string of the molecule is COC(=O)CCCC1OC(=O)N2c3ccc(N4Cc5cn(CC#N)nc5C4)cc3C[C@@H]12. The molecule has 0 aliphatic carbocycles. The first-order valence-corrected chi connectivity index (χ1v) is 10.4. The molecule has 0 saturated carbocycles. The number of rotatable bonds is 6. The average Bonchev–Trinajstić information content (AvgIpc) is 3.48. The topological polar surface area (TPSA) is 101 Å². The molecule has 3 aliphatic heterocycles. The van der Waals surface area contributed by atoms with Crippen LogP contribution in [0.5, 0.6) is 0 Å². The highest BCUT2D eigenvalue weighted by molar-refractivity contribution is 5.94. The van der Waals surface area contributed by atoms with Crippen LogP contribution >= 0.6 is 0 Å². The first-order chi connectivity index (χ1) is 15.1. The summed E-state index contributed by atoms with van der Waals surface area (Å²) in [4.78, 5) is 27.9. The molecular weight excluding hydrogens is 398 g/mol. The Hall–Kier alpha value is -3.54. The van der Waals surface area contributed by atoms with Gasteiger partial charge in [-0.15, -0.1) is 0 Å². The number of aromatic nitrogens is 2. The number of hydrogen-bond acceptors (Lipinski definition) is 7. The molecule has 0 spiro atoms. The summed E-state index contributed by atoms with van der Waals surface area (Å²) in [5, 5.41) is 13.3. The van der Waals surface area contributed by atoms with Crippen LogP contribution in [0.3, 0.4) is 0 Å². The minimum Gasteiger partial charge on any atom is -0.469 e. The van der Waals surface area contributed by atoms with Crippen molar-refractivity contribution in [3.63, 3.8) is 0 Å². The highest BCUT2D eigenvalue weighted by Crippen LogP contribution is 2.42. The van der Waals surface area contributed by atoms with Crippen LogP contribution in [0.25, 0.3) is 0 Å². The van der Waals surface area contributed by atoms with Gasteiger partial charge in [0.15, 0.2) is 0 Å². The molecule has 9 nitrogen and oxygen atoms in total. The van der Waals surface area contributed by atoms with Gasteiger partial charge in [-0.05, 0) is 43.0 Å². The number of amides is 1. The minimum atomic E-state index is -0.313. The van der Waals surface area contributed by atoms with Crippen molar-refractivity contribution in [1.29, 1.82) is 5.26 Å². The Kier molecular flexibility index (Phi) is 4.77. The number of nitrogens with zero attached hydrogens (tertiary/aromatic N) is 5. The molecule has 1 unspecified atom stereocenters. The molecule has 31 heavy (non-hydrogen) atoms. The number of nitriles is 1. The van der Waals surface area contributed by atoms with Crippen molar-refractivity contribution in [3.05, 3.63) is 41.2 Å². The van der Waals surface area contributed by atoms with Gasteiger partial charge in [0.2, 0.25) is 0 Å². The number of hydrogen-bond donors (Lipinski definition) is 0. The van der Waals surface area contributed by atoms with Gasteiger partial charge in [0.1, 0.15) is 12.6 Å². The van der Waals surface area contributed by atoms with Crippen molar-refractivity contribution in [3.8, 4) is 6.07 Å². The summed E-state index contributed by atoms with van der Waals surface area (Å²) in [5.74, 6) is -0.244. The summed E-state index contributed by atoms with van der Waals surface area (Å²) in [6.07, 6.45) is 3.75. The van der Waals surface area contributed by atoms with E-state index in [1.54, 1.807) is 9.58 Å². The van der Waals surface area contributed by atoms with E-state index < -0.39 is 0 Å². The van der Waals surface area contributed by atoms with Gasteiger partial charge in [0.05, 0.1) is 37.1 Å². The van der Waals surface area contributed by atoms with E-state index in [2.05, 4.69) is 26.9 Å². The summed E-state index contributed by atoms with van der Waals surface area (Å²) in [5.41, 5.74) is 5.29. The van der Waals surface area contributed by atoms with Crippen molar-refractivity contribution < 1.29 is 19.1 Å². The van der Waals surface area contributed by atoms with E-state index in [1.807, 2.05) is 18.3 Å². The van der Waals surface area contributed by atoms with Crippen LogP contribution in [-0.4, -0.2) is 41.1 Å². The summed E-state index contributed by atoms with van der Waals surface area (Å²) < 4.78 is 12.0. The third kappa shape index (κ3) is 3.38. The first kappa shape index (κ1) is 19.4. The van der Waals surface area contributed by atoms with Gasteiger partial charge in [-0.3, -0.25) is 14.4 Å². The second kappa shape index (κ2) is 7.61. The second-order valence-corrected chi connectivity index (χ2v) is 8.16. The molecule has 1 aromatic carbocycles. The molecule has 5 rings (SSSR count). The maximum absolute atomic E-state index is 12.5.